The molecule has 2 aliphatic rings. The van der Waals surface area contributed by atoms with Gasteiger partial charge < -0.3 is 26.0 Å². The van der Waals surface area contributed by atoms with Gasteiger partial charge in [0.15, 0.2) is 0 Å². The normalized spacial score (nSPS) is 21.9. The average molecular weight is 433 g/mol. The molecule has 2 amide bonds. The average Bonchev–Trinajstić information content (AvgIpc) is 2.75. The predicted octanol–water partition coefficient (Wildman–Crippen LogP) is 0.502. The smallest absolute Gasteiger partial charge is 0.352 e. The molecule has 0 radical (unpaired) electrons. The fraction of sp³-hybridized carbons (Fsp3) is 0.350. The molecule has 0 spiro atoms. The number of aliphatic hydroxyl groups excluding tert-OH is 1. The Morgan fingerprint density at radius 2 is 2.20 bits per heavy atom. The lowest BCUT2D eigenvalue weighted by Crippen LogP contribution is -2.71. The van der Waals surface area contributed by atoms with Gasteiger partial charge in [-0.15, -0.1) is 11.8 Å². The quantitative estimate of drug-likeness (QED) is 0.456. The number of fused-ring (bicyclic) bond motifs is 1. The molecule has 9 nitrogen and oxygen atoms in total. The van der Waals surface area contributed by atoms with E-state index in [0.717, 1.165) is 0 Å². The molecule has 1 aromatic carbocycles. The summed E-state index contributed by atoms with van der Waals surface area (Å²) < 4.78 is 5.19. The number of carbonyl (C=O) groups excluding carboxylic acids is 2. The van der Waals surface area contributed by atoms with Crippen molar-refractivity contribution in [2.45, 2.75) is 31.0 Å². The summed E-state index contributed by atoms with van der Waals surface area (Å²) in [5.41, 5.74) is 7.57. The van der Waals surface area contributed by atoms with Crippen molar-refractivity contribution in [3.8, 4) is 5.75 Å². The summed E-state index contributed by atoms with van der Waals surface area (Å²) >= 11 is 1.38. The van der Waals surface area contributed by atoms with Crippen LogP contribution in [0.5, 0.6) is 5.75 Å². The van der Waals surface area contributed by atoms with Gasteiger partial charge in [0.2, 0.25) is 5.91 Å². The first-order valence-electron chi connectivity index (χ1n) is 9.21. The minimum Gasteiger partial charge on any atom is -0.496 e. The third-order valence-corrected chi connectivity index (χ3v) is 6.29. The van der Waals surface area contributed by atoms with Gasteiger partial charge in [-0.25, -0.2) is 4.79 Å². The summed E-state index contributed by atoms with van der Waals surface area (Å²) in [5, 5.41) is 21.0. The van der Waals surface area contributed by atoms with Crippen LogP contribution in [-0.2, 0) is 21.0 Å². The summed E-state index contributed by atoms with van der Waals surface area (Å²) in [6, 6.07) is 2.87. The number of hydrogen-bond acceptors (Lipinski definition) is 7. The number of nitrogens with one attached hydrogen (secondary N) is 1. The minimum absolute atomic E-state index is 0.0547. The number of amides is 2. The molecule has 160 valence electrons. The van der Waals surface area contributed by atoms with E-state index in [1.165, 1.54) is 23.8 Å². The maximum atomic E-state index is 12.7. The zero-order valence-electron chi connectivity index (χ0n) is 16.5. The van der Waals surface area contributed by atoms with Crippen molar-refractivity contribution in [1.29, 1.82) is 0 Å². The van der Waals surface area contributed by atoms with Crippen LogP contribution in [0.3, 0.4) is 0 Å². The lowest BCUT2D eigenvalue weighted by atomic mass is 10.0. The highest BCUT2D eigenvalue weighted by Gasteiger charge is 2.54. The van der Waals surface area contributed by atoms with E-state index >= 15 is 0 Å². The monoisotopic (exact) mass is 433 g/mol. The molecule has 1 fully saturated rings. The standard InChI is InChI=1S/C20H23N3O6S/c1-3-4-12-9-30-19-15(18(26)23(19)16(12)20(27)28)22-17(25)14(21)10-5-6-11(8-24)13(7-10)29-2/h3-7,14-15,19,24H,8-9,21H2,1-2H3,(H,22,25)(H,27,28)/t14-,15?,19+/m1/s1. The first-order valence-corrected chi connectivity index (χ1v) is 10.3. The molecule has 1 unspecified atom stereocenters. The van der Waals surface area contributed by atoms with Gasteiger partial charge in [-0.2, -0.15) is 0 Å². The van der Waals surface area contributed by atoms with Gasteiger partial charge in [-0.1, -0.05) is 24.3 Å². The van der Waals surface area contributed by atoms with Crippen LogP contribution in [0.4, 0.5) is 0 Å². The van der Waals surface area contributed by atoms with Crippen LogP contribution in [0.25, 0.3) is 0 Å². The van der Waals surface area contributed by atoms with E-state index < -0.39 is 35.2 Å². The van der Waals surface area contributed by atoms with Gasteiger partial charge in [0, 0.05) is 11.3 Å². The molecule has 3 rings (SSSR count). The fourth-order valence-corrected chi connectivity index (χ4v) is 4.77. The van der Waals surface area contributed by atoms with Crippen LogP contribution >= 0.6 is 11.8 Å². The molecule has 2 aliphatic heterocycles. The number of ether oxygens (including phenoxy) is 1. The number of allylic oxidation sites excluding steroid dienone is 2. The molecule has 1 aromatic rings. The number of nitrogens with two attached hydrogens (primary N) is 1. The maximum absolute atomic E-state index is 12.7. The first-order chi connectivity index (χ1) is 14.3. The second-order valence-electron chi connectivity index (χ2n) is 6.78. The Labute approximate surface area is 177 Å². The SMILES string of the molecule is CC=CC1=C(C(=O)O)N2C(=O)C(NC(=O)[C@H](N)c3ccc(CO)c(OC)c3)[C@@H]2SC1. The van der Waals surface area contributed by atoms with Gasteiger partial charge in [0.05, 0.1) is 13.7 Å². The Morgan fingerprint density at radius 3 is 2.80 bits per heavy atom. The Kier molecular flexibility index (Phi) is 6.49. The topological polar surface area (TPSA) is 142 Å². The lowest BCUT2D eigenvalue weighted by Gasteiger charge is -2.49. The van der Waals surface area contributed by atoms with E-state index in [1.54, 1.807) is 37.3 Å². The number of carboxylic acid groups (broad SMARTS) is 1. The largest absolute Gasteiger partial charge is 0.496 e. The molecule has 30 heavy (non-hydrogen) atoms. The van der Waals surface area contributed by atoms with Crippen molar-refractivity contribution in [3.63, 3.8) is 0 Å². The minimum atomic E-state index is -1.18. The number of methoxy groups -OCH3 is 1. The van der Waals surface area contributed by atoms with Crippen molar-refractivity contribution in [1.82, 2.24) is 10.2 Å². The van der Waals surface area contributed by atoms with E-state index in [0.29, 0.717) is 28.2 Å². The van der Waals surface area contributed by atoms with Gasteiger partial charge in [0.1, 0.15) is 28.9 Å². The molecule has 0 saturated carbocycles. The van der Waals surface area contributed by atoms with Crippen LogP contribution in [0, 0.1) is 0 Å². The first kappa shape index (κ1) is 21.9. The number of benzene rings is 1. The van der Waals surface area contributed by atoms with Crippen molar-refractivity contribution in [2.24, 2.45) is 5.73 Å². The Hall–Kier alpha value is -2.82. The summed E-state index contributed by atoms with van der Waals surface area (Å²) in [6.45, 7) is 1.55. The molecule has 0 aliphatic carbocycles. The number of rotatable bonds is 7. The molecular weight excluding hydrogens is 410 g/mol. The van der Waals surface area contributed by atoms with E-state index in [-0.39, 0.29) is 12.3 Å². The second-order valence-corrected chi connectivity index (χ2v) is 7.89. The summed E-state index contributed by atoms with van der Waals surface area (Å²) in [5.74, 6) is -1.41. The van der Waals surface area contributed by atoms with Gasteiger partial charge in [0.25, 0.3) is 5.91 Å². The van der Waals surface area contributed by atoms with Crippen molar-refractivity contribution in [3.05, 3.63) is 52.7 Å². The number of β-lactam (4-membered cyclic amide) rings is 1. The molecule has 10 heteroatoms. The number of aliphatic carboxylic acids is 1. The van der Waals surface area contributed by atoms with Gasteiger partial charge >= 0.3 is 5.97 Å². The third kappa shape index (κ3) is 3.81. The Balaban J connectivity index is 1.75. The number of thioether (sulfide) groups is 1. The summed E-state index contributed by atoms with van der Waals surface area (Å²) in [6.07, 6.45) is 3.39. The van der Waals surface area contributed by atoms with Crippen molar-refractivity contribution < 1.29 is 29.3 Å². The van der Waals surface area contributed by atoms with Crippen LogP contribution in [0.15, 0.2) is 41.6 Å². The molecule has 5 N–H and O–H groups in total. The van der Waals surface area contributed by atoms with E-state index in [2.05, 4.69) is 5.32 Å². The predicted molar refractivity (Wildman–Crippen MR) is 110 cm³/mol. The zero-order chi connectivity index (χ0) is 22.0. The molecule has 0 aromatic heterocycles. The van der Waals surface area contributed by atoms with E-state index in [4.69, 9.17) is 10.5 Å². The second kappa shape index (κ2) is 8.90. The summed E-state index contributed by atoms with van der Waals surface area (Å²) in [7, 11) is 1.45. The fourth-order valence-electron chi connectivity index (χ4n) is 3.45. The lowest BCUT2D eigenvalue weighted by molar-refractivity contribution is -0.150. The van der Waals surface area contributed by atoms with E-state index in [9.17, 15) is 24.6 Å². The summed E-state index contributed by atoms with van der Waals surface area (Å²) in [4.78, 5) is 38.2. The molecule has 0 bridgehead atoms. The van der Waals surface area contributed by atoms with Crippen LogP contribution in [-0.4, -0.2) is 57.2 Å². The third-order valence-electron chi connectivity index (χ3n) is 4.99. The molecule has 2 heterocycles. The van der Waals surface area contributed by atoms with Gasteiger partial charge in [-0.3, -0.25) is 14.5 Å². The highest BCUT2D eigenvalue weighted by molar-refractivity contribution is 8.00. The van der Waals surface area contributed by atoms with Gasteiger partial charge in [-0.05, 0) is 24.1 Å². The number of nitrogens with zero attached hydrogens (tertiary/aromatic N) is 1. The highest BCUT2D eigenvalue weighted by atomic mass is 32.2. The highest BCUT2D eigenvalue weighted by Crippen LogP contribution is 2.40. The van der Waals surface area contributed by atoms with Crippen LogP contribution in [0.1, 0.15) is 24.1 Å². The number of carbonyl (C=O) groups is 3. The van der Waals surface area contributed by atoms with Crippen molar-refractivity contribution >= 4 is 29.5 Å². The van der Waals surface area contributed by atoms with E-state index in [1.807, 2.05) is 0 Å². The number of hydrogen-bond donors (Lipinski definition) is 4. The van der Waals surface area contributed by atoms with Crippen LogP contribution < -0.4 is 15.8 Å². The Bertz CT molecular complexity index is 944. The zero-order valence-corrected chi connectivity index (χ0v) is 17.3. The number of aliphatic hydroxyl groups is 1. The van der Waals surface area contributed by atoms with Crippen LogP contribution in [0.2, 0.25) is 0 Å². The molecule has 1 saturated heterocycles. The number of carboxylic acids is 1. The Morgan fingerprint density at radius 1 is 1.47 bits per heavy atom. The molecule has 3 atom stereocenters. The maximum Gasteiger partial charge on any atom is 0.352 e. The van der Waals surface area contributed by atoms with Crippen molar-refractivity contribution in [2.75, 3.05) is 12.9 Å². The molecular formula is C20H23N3O6S.